The van der Waals surface area contributed by atoms with E-state index in [9.17, 15) is 19.3 Å². The van der Waals surface area contributed by atoms with Gasteiger partial charge in [-0.1, -0.05) is 22.0 Å². The second-order valence-electron chi connectivity index (χ2n) is 5.58. The van der Waals surface area contributed by atoms with E-state index in [1.165, 1.54) is 35.2 Å². The summed E-state index contributed by atoms with van der Waals surface area (Å²) in [6.07, 6.45) is 1.51. The minimum Gasteiger partial charge on any atom is -0.487 e. The fourth-order valence-electron chi connectivity index (χ4n) is 2.50. The van der Waals surface area contributed by atoms with E-state index < -0.39 is 16.6 Å². The van der Waals surface area contributed by atoms with Gasteiger partial charge in [0.2, 0.25) is 0 Å². The van der Waals surface area contributed by atoms with Crippen LogP contribution in [-0.4, -0.2) is 28.9 Å². The van der Waals surface area contributed by atoms with Crippen molar-refractivity contribution in [1.29, 1.82) is 0 Å². The first-order chi connectivity index (χ1) is 12.9. The van der Waals surface area contributed by atoms with E-state index in [-0.39, 0.29) is 36.7 Å². The van der Waals surface area contributed by atoms with E-state index in [0.29, 0.717) is 10.0 Å². The summed E-state index contributed by atoms with van der Waals surface area (Å²) in [5.74, 6) is -0.828. The number of carbonyl (C=O) groups excluding carboxylic acids is 1. The molecule has 0 heterocycles. The van der Waals surface area contributed by atoms with Crippen LogP contribution in [0.15, 0.2) is 53.5 Å². The van der Waals surface area contributed by atoms with Crippen molar-refractivity contribution in [2.24, 2.45) is 0 Å². The summed E-state index contributed by atoms with van der Waals surface area (Å²) in [7, 11) is 0. The van der Waals surface area contributed by atoms with Gasteiger partial charge < -0.3 is 9.64 Å². The number of hydrogen-bond acceptors (Lipinski definition) is 4. The molecule has 8 heteroatoms. The Morgan fingerprint density at radius 1 is 1.37 bits per heavy atom. The van der Waals surface area contributed by atoms with E-state index >= 15 is 0 Å². The van der Waals surface area contributed by atoms with Gasteiger partial charge in [-0.25, -0.2) is 4.39 Å². The SMILES string of the molecule is C=CCN(Cc1cc(Br)ccc1F)C(=O)c1ccc(OCC)c([N+](=O)[O-])c1. The highest BCUT2D eigenvalue weighted by molar-refractivity contribution is 9.10. The lowest BCUT2D eigenvalue weighted by molar-refractivity contribution is -0.385. The number of amides is 1. The van der Waals surface area contributed by atoms with Gasteiger partial charge in [0.1, 0.15) is 5.82 Å². The zero-order valence-electron chi connectivity index (χ0n) is 14.7. The monoisotopic (exact) mass is 436 g/mol. The van der Waals surface area contributed by atoms with Crippen molar-refractivity contribution >= 4 is 27.5 Å². The third kappa shape index (κ3) is 5.13. The fraction of sp³-hybridized carbons (Fsp3) is 0.211. The summed E-state index contributed by atoms with van der Waals surface area (Å²) in [6, 6.07) is 8.46. The van der Waals surface area contributed by atoms with Crippen LogP contribution in [0, 0.1) is 15.9 Å². The molecule has 0 saturated heterocycles. The van der Waals surface area contributed by atoms with E-state index in [2.05, 4.69) is 22.5 Å². The van der Waals surface area contributed by atoms with Gasteiger partial charge in [-0.05, 0) is 37.3 Å². The molecule has 27 heavy (non-hydrogen) atoms. The predicted molar refractivity (Wildman–Crippen MR) is 103 cm³/mol. The maximum absolute atomic E-state index is 14.1. The highest BCUT2D eigenvalue weighted by Crippen LogP contribution is 2.29. The summed E-state index contributed by atoms with van der Waals surface area (Å²) in [4.78, 5) is 24.9. The molecule has 0 aliphatic heterocycles. The van der Waals surface area contributed by atoms with Crippen LogP contribution in [0.4, 0.5) is 10.1 Å². The smallest absolute Gasteiger partial charge is 0.311 e. The molecule has 0 fully saturated rings. The normalized spacial score (nSPS) is 10.3. The molecular formula is C19H18BrFN2O4. The van der Waals surface area contributed by atoms with Crippen molar-refractivity contribution in [3.63, 3.8) is 0 Å². The Labute approximate surface area is 164 Å². The van der Waals surface area contributed by atoms with Crippen LogP contribution in [0.5, 0.6) is 5.75 Å². The lowest BCUT2D eigenvalue weighted by Crippen LogP contribution is -2.31. The van der Waals surface area contributed by atoms with Crippen LogP contribution >= 0.6 is 15.9 Å². The van der Waals surface area contributed by atoms with Crippen LogP contribution in [0.3, 0.4) is 0 Å². The summed E-state index contributed by atoms with van der Waals surface area (Å²) >= 11 is 3.28. The summed E-state index contributed by atoms with van der Waals surface area (Å²) in [5.41, 5.74) is 0.136. The number of nitro benzene ring substituents is 1. The number of nitrogens with zero attached hydrogens (tertiary/aromatic N) is 2. The van der Waals surface area contributed by atoms with Crippen molar-refractivity contribution in [3.05, 3.63) is 80.6 Å². The fourth-order valence-corrected chi connectivity index (χ4v) is 2.91. The molecule has 0 aliphatic rings. The van der Waals surface area contributed by atoms with Gasteiger partial charge in [-0.15, -0.1) is 6.58 Å². The molecular weight excluding hydrogens is 419 g/mol. The minimum absolute atomic E-state index is 0.00284. The molecule has 0 unspecified atom stereocenters. The molecule has 0 aliphatic carbocycles. The van der Waals surface area contributed by atoms with Crippen molar-refractivity contribution in [3.8, 4) is 5.75 Å². The quantitative estimate of drug-likeness (QED) is 0.340. The number of halogens is 2. The van der Waals surface area contributed by atoms with Crippen LogP contribution in [0.2, 0.25) is 0 Å². The van der Waals surface area contributed by atoms with Crippen LogP contribution in [-0.2, 0) is 6.54 Å². The zero-order valence-corrected chi connectivity index (χ0v) is 16.2. The first-order valence-corrected chi connectivity index (χ1v) is 8.92. The van der Waals surface area contributed by atoms with Gasteiger partial charge in [0.25, 0.3) is 5.91 Å². The molecule has 2 rings (SSSR count). The Morgan fingerprint density at radius 3 is 2.74 bits per heavy atom. The van der Waals surface area contributed by atoms with E-state index in [1.807, 2.05) is 0 Å². The predicted octanol–water partition coefficient (Wildman–Crippen LogP) is 4.72. The van der Waals surface area contributed by atoms with Gasteiger partial charge >= 0.3 is 5.69 Å². The molecule has 0 aromatic heterocycles. The Balaban J connectivity index is 2.36. The van der Waals surface area contributed by atoms with E-state index in [4.69, 9.17) is 4.74 Å². The molecule has 142 valence electrons. The number of ether oxygens (including phenoxy) is 1. The average Bonchev–Trinajstić information content (AvgIpc) is 2.64. The second kappa shape index (κ2) is 9.27. The third-order valence-electron chi connectivity index (χ3n) is 3.71. The largest absolute Gasteiger partial charge is 0.487 e. The van der Waals surface area contributed by atoms with Gasteiger partial charge in [-0.2, -0.15) is 0 Å². The van der Waals surface area contributed by atoms with E-state index in [0.717, 1.165) is 0 Å². The first kappa shape index (κ1) is 20.6. The minimum atomic E-state index is -0.604. The molecule has 0 bridgehead atoms. The molecule has 0 N–H and O–H groups in total. The molecule has 1 amide bonds. The Bertz CT molecular complexity index is 873. The standard InChI is InChI=1S/C19H18BrFN2O4/c1-3-9-22(12-14-10-15(20)6-7-16(14)21)19(24)13-5-8-18(27-4-2)17(11-13)23(25)26/h3,5-8,10-11H,1,4,9,12H2,2H3. The highest BCUT2D eigenvalue weighted by atomic mass is 79.9. The van der Waals surface area contributed by atoms with Gasteiger partial charge in [-0.3, -0.25) is 14.9 Å². The third-order valence-corrected chi connectivity index (χ3v) is 4.20. The lowest BCUT2D eigenvalue weighted by atomic mass is 10.1. The van der Waals surface area contributed by atoms with Gasteiger partial charge in [0.05, 0.1) is 11.5 Å². The lowest BCUT2D eigenvalue weighted by Gasteiger charge is -2.22. The van der Waals surface area contributed by atoms with Crippen LogP contribution in [0.25, 0.3) is 0 Å². The number of carbonyl (C=O) groups is 1. The molecule has 6 nitrogen and oxygen atoms in total. The van der Waals surface area contributed by atoms with Gasteiger partial charge in [0.15, 0.2) is 5.75 Å². The number of rotatable bonds is 8. The highest BCUT2D eigenvalue weighted by Gasteiger charge is 2.22. The molecule has 0 saturated carbocycles. The van der Waals surface area contributed by atoms with Crippen molar-refractivity contribution in [2.75, 3.05) is 13.2 Å². The van der Waals surface area contributed by atoms with Crippen molar-refractivity contribution in [1.82, 2.24) is 4.90 Å². The van der Waals surface area contributed by atoms with E-state index in [1.54, 1.807) is 19.1 Å². The molecule has 2 aromatic carbocycles. The van der Waals surface area contributed by atoms with Crippen LogP contribution < -0.4 is 4.74 Å². The van der Waals surface area contributed by atoms with Crippen molar-refractivity contribution < 1.29 is 18.8 Å². The topological polar surface area (TPSA) is 72.7 Å². The Hall–Kier alpha value is -2.74. The number of benzene rings is 2. The number of nitro groups is 1. The second-order valence-corrected chi connectivity index (χ2v) is 6.50. The maximum atomic E-state index is 14.1. The molecule has 0 spiro atoms. The first-order valence-electron chi connectivity index (χ1n) is 8.12. The molecule has 0 radical (unpaired) electrons. The summed E-state index contributed by atoms with van der Waals surface area (Å²) in [6.45, 7) is 5.75. The average molecular weight is 437 g/mol. The van der Waals surface area contributed by atoms with Gasteiger partial charge in [0, 0.05) is 34.8 Å². The summed E-state index contributed by atoms with van der Waals surface area (Å²) in [5, 5.41) is 11.3. The Morgan fingerprint density at radius 2 is 2.11 bits per heavy atom. The number of hydrogen-bond donors (Lipinski definition) is 0. The van der Waals surface area contributed by atoms with Crippen LogP contribution in [0.1, 0.15) is 22.8 Å². The Kier molecular flexibility index (Phi) is 7.06. The van der Waals surface area contributed by atoms with Crippen molar-refractivity contribution in [2.45, 2.75) is 13.5 Å². The molecule has 2 aromatic rings. The molecule has 0 atom stereocenters. The zero-order chi connectivity index (χ0) is 20.0. The summed E-state index contributed by atoms with van der Waals surface area (Å²) < 4.78 is 20.0. The maximum Gasteiger partial charge on any atom is 0.311 e.